The van der Waals surface area contributed by atoms with E-state index in [9.17, 15) is 0 Å². The summed E-state index contributed by atoms with van der Waals surface area (Å²) in [4.78, 5) is 0. The van der Waals surface area contributed by atoms with Crippen molar-refractivity contribution in [3.63, 3.8) is 0 Å². The Labute approximate surface area is 88.7 Å². The van der Waals surface area contributed by atoms with Crippen molar-refractivity contribution in [1.82, 2.24) is 0 Å². The van der Waals surface area contributed by atoms with Gasteiger partial charge in [-0.2, -0.15) is 0 Å². The van der Waals surface area contributed by atoms with Crippen molar-refractivity contribution in [1.29, 1.82) is 0 Å². The maximum atomic E-state index is 2.39. The predicted molar refractivity (Wildman–Crippen MR) is 55.2 cm³/mol. The van der Waals surface area contributed by atoms with Crippen molar-refractivity contribution in [3.05, 3.63) is 46.2 Å². The van der Waals surface area contributed by atoms with Gasteiger partial charge in [0.2, 0.25) is 0 Å². The second-order valence-corrected chi connectivity index (χ2v) is 5.62. The van der Waals surface area contributed by atoms with Gasteiger partial charge in [0, 0.05) is 0 Å². The molecule has 0 heterocycles. The van der Waals surface area contributed by atoms with Gasteiger partial charge >= 0.3 is 88.6 Å². The second-order valence-electron chi connectivity index (χ2n) is 3.38. The Morgan fingerprint density at radius 3 is 2.31 bits per heavy atom. The maximum absolute atomic E-state index is 2.39. The Hall–Kier alpha value is -0.417. The molecule has 0 atom stereocenters. The third kappa shape index (κ3) is 4.38. The van der Waals surface area contributed by atoms with Crippen LogP contribution in [-0.2, 0) is 17.1 Å². The first-order chi connectivity index (χ1) is 6.18. The molecule has 1 heteroatoms. The zero-order valence-corrected chi connectivity index (χ0v) is 10.1. The number of hydrogen-bond donors (Lipinski definition) is 0. The van der Waals surface area contributed by atoms with Gasteiger partial charge in [-0.3, -0.25) is 0 Å². The summed E-state index contributed by atoms with van der Waals surface area (Å²) in [6, 6.07) is 0. The van der Waals surface area contributed by atoms with Crippen LogP contribution in [0.4, 0.5) is 0 Å². The molecule has 0 spiro atoms. The Bertz CT molecular complexity index is 263. The molecule has 0 unspecified atom stereocenters. The molecular weight excluding hydrogens is 245 g/mol. The summed E-state index contributed by atoms with van der Waals surface area (Å²) in [5.74, 6) is 0. The molecular formula is C12H16Ru. The van der Waals surface area contributed by atoms with Crippen LogP contribution in [0.1, 0.15) is 20.8 Å². The second kappa shape index (κ2) is 5.34. The van der Waals surface area contributed by atoms with Crippen molar-refractivity contribution in [2.75, 3.05) is 0 Å². The topological polar surface area (TPSA) is 0 Å². The van der Waals surface area contributed by atoms with E-state index >= 15 is 0 Å². The first-order valence-electron chi connectivity index (χ1n) is 4.44. The van der Waals surface area contributed by atoms with Crippen molar-refractivity contribution in [3.8, 4) is 0 Å². The fraction of sp³-hybridized carbons (Fsp3) is 0.333. The molecule has 1 rings (SSSR count). The molecule has 0 N–H and O–H groups in total. The van der Waals surface area contributed by atoms with Gasteiger partial charge in [-0.05, 0) is 0 Å². The molecule has 0 aliphatic heterocycles. The van der Waals surface area contributed by atoms with Gasteiger partial charge in [-0.15, -0.1) is 0 Å². The minimum atomic E-state index is 0.343. The fourth-order valence-corrected chi connectivity index (χ4v) is 2.83. The van der Waals surface area contributed by atoms with Crippen molar-refractivity contribution in [2.45, 2.75) is 25.3 Å². The van der Waals surface area contributed by atoms with Crippen LogP contribution in [0.15, 0.2) is 46.2 Å². The zero-order valence-electron chi connectivity index (χ0n) is 8.40. The molecule has 0 aromatic heterocycles. The van der Waals surface area contributed by atoms with Crippen LogP contribution >= 0.6 is 0 Å². The van der Waals surface area contributed by atoms with E-state index in [1.807, 2.05) is 0 Å². The zero-order chi connectivity index (χ0) is 9.68. The molecule has 0 saturated carbocycles. The van der Waals surface area contributed by atoms with E-state index in [0.717, 1.165) is 0 Å². The molecule has 13 heavy (non-hydrogen) atoms. The molecule has 0 nitrogen and oxygen atoms in total. The van der Waals surface area contributed by atoms with E-state index < -0.39 is 0 Å². The molecule has 0 bridgehead atoms. The standard InChI is InChI=1S/C7H11.C5H5.Ru/c1-6(2)5-7(3)4;1-2-4-5-3-1;/h1,5H,2-4H3;1-5H;. The third-order valence-corrected chi connectivity index (χ3v) is 3.98. The number of allylic oxidation sites excluding steroid dienone is 7. The first kappa shape index (κ1) is 10.7. The molecule has 0 aromatic rings. The summed E-state index contributed by atoms with van der Waals surface area (Å²) in [5, 5.41) is 0. The monoisotopic (exact) mass is 262 g/mol. The average molecular weight is 261 g/mol. The predicted octanol–water partition coefficient (Wildman–Crippen LogP) is 3.85. The molecule has 0 aromatic carbocycles. The Balaban J connectivity index is 2.43. The molecule has 0 amide bonds. The van der Waals surface area contributed by atoms with E-state index in [1.165, 1.54) is 11.1 Å². The summed E-state index contributed by atoms with van der Waals surface area (Å²) in [7, 11) is 0. The Morgan fingerprint density at radius 2 is 1.77 bits per heavy atom. The molecule has 72 valence electrons. The van der Waals surface area contributed by atoms with Gasteiger partial charge in [0.1, 0.15) is 0 Å². The SMILES string of the molecule is CC(C)=CC(C)=[CH][Ru][CH]1C=CC=C1. The van der Waals surface area contributed by atoms with Crippen LogP contribution < -0.4 is 0 Å². The van der Waals surface area contributed by atoms with Crippen molar-refractivity contribution in [2.24, 2.45) is 0 Å². The molecule has 0 fully saturated rings. The van der Waals surface area contributed by atoms with Gasteiger partial charge in [0.05, 0.1) is 0 Å². The summed E-state index contributed by atoms with van der Waals surface area (Å²) < 4.78 is 3.11. The van der Waals surface area contributed by atoms with Crippen LogP contribution in [0.3, 0.4) is 0 Å². The van der Waals surface area contributed by atoms with E-state index in [2.05, 4.69) is 55.8 Å². The molecule has 0 saturated heterocycles. The Morgan fingerprint density at radius 1 is 1.15 bits per heavy atom. The number of rotatable bonds is 3. The van der Waals surface area contributed by atoms with Crippen LogP contribution in [0.25, 0.3) is 0 Å². The summed E-state index contributed by atoms with van der Waals surface area (Å²) in [6.45, 7) is 6.47. The third-order valence-electron chi connectivity index (χ3n) is 1.56. The van der Waals surface area contributed by atoms with Gasteiger partial charge in [-0.1, -0.05) is 0 Å². The summed E-state index contributed by atoms with van der Waals surface area (Å²) in [6.07, 6.45) is 11.1. The van der Waals surface area contributed by atoms with E-state index in [4.69, 9.17) is 0 Å². The quantitative estimate of drug-likeness (QED) is 0.534. The van der Waals surface area contributed by atoms with E-state index in [1.54, 1.807) is 0 Å². The van der Waals surface area contributed by atoms with Crippen molar-refractivity contribution >= 4 is 0 Å². The van der Waals surface area contributed by atoms with E-state index in [0.29, 0.717) is 21.6 Å². The van der Waals surface area contributed by atoms with Gasteiger partial charge < -0.3 is 0 Å². The van der Waals surface area contributed by atoms with E-state index in [-0.39, 0.29) is 0 Å². The molecule has 1 aliphatic rings. The molecule has 1 aliphatic carbocycles. The Kier molecular flexibility index (Phi) is 4.38. The summed E-state index contributed by atoms with van der Waals surface area (Å²) >= 11 is 0.343. The molecule has 0 radical (unpaired) electrons. The number of hydrogen-bond acceptors (Lipinski definition) is 0. The van der Waals surface area contributed by atoms with Crippen molar-refractivity contribution < 1.29 is 17.1 Å². The van der Waals surface area contributed by atoms with Crippen LogP contribution in [0.5, 0.6) is 0 Å². The van der Waals surface area contributed by atoms with Crippen LogP contribution in [0.2, 0.25) is 4.51 Å². The van der Waals surface area contributed by atoms with Crippen LogP contribution in [0, 0.1) is 0 Å². The van der Waals surface area contributed by atoms with Gasteiger partial charge in [0.25, 0.3) is 0 Å². The minimum absolute atomic E-state index is 0.343. The first-order valence-corrected chi connectivity index (χ1v) is 6.45. The normalized spacial score (nSPS) is 17.0. The summed E-state index contributed by atoms with van der Waals surface area (Å²) in [5.41, 5.74) is 2.79. The van der Waals surface area contributed by atoms with Gasteiger partial charge in [-0.25, -0.2) is 0 Å². The fourth-order valence-electron chi connectivity index (χ4n) is 1.12. The van der Waals surface area contributed by atoms with Crippen LogP contribution in [-0.4, -0.2) is 0 Å². The average Bonchev–Trinajstić information content (AvgIpc) is 2.51. The van der Waals surface area contributed by atoms with Gasteiger partial charge in [0.15, 0.2) is 0 Å².